The van der Waals surface area contributed by atoms with Crippen LogP contribution in [-0.2, 0) is 11.2 Å². The maximum atomic E-state index is 13.1. The molecule has 1 aromatic carbocycles. The van der Waals surface area contributed by atoms with Crippen LogP contribution in [0.5, 0.6) is 0 Å². The Bertz CT molecular complexity index is 1130. The molecule has 4 rings (SSSR count). The summed E-state index contributed by atoms with van der Waals surface area (Å²) in [4.78, 5) is 34.4. The van der Waals surface area contributed by atoms with Crippen molar-refractivity contribution in [2.45, 2.75) is 19.3 Å². The van der Waals surface area contributed by atoms with E-state index >= 15 is 0 Å². The Hall–Kier alpha value is -3.00. The van der Waals surface area contributed by atoms with Crippen molar-refractivity contribution in [1.29, 1.82) is 0 Å². The molecule has 0 spiro atoms. The molecule has 0 bridgehead atoms. The van der Waals surface area contributed by atoms with E-state index in [9.17, 15) is 14.0 Å². The number of nitrogens with one attached hydrogen (secondary N) is 2. The highest BCUT2D eigenvalue weighted by Crippen LogP contribution is 2.36. The van der Waals surface area contributed by atoms with E-state index in [1.807, 2.05) is 6.07 Å². The molecule has 1 unspecified atom stereocenters. The van der Waals surface area contributed by atoms with Gasteiger partial charge in [0.05, 0.1) is 21.6 Å². The van der Waals surface area contributed by atoms with Crippen LogP contribution in [0.15, 0.2) is 47.1 Å². The van der Waals surface area contributed by atoms with Crippen molar-refractivity contribution in [1.82, 2.24) is 14.9 Å². The fourth-order valence-corrected chi connectivity index (χ4v) is 4.24. The third-order valence-electron chi connectivity index (χ3n) is 5.34. The first-order valence-electron chi connectivity index (χ1n) is 9.53. The van der Waals surface area contributed by atoms with Gasteiger partial charge in [-0.1, -0.05) is 12.1 Å². The molecule has 2 amide bonds. The molecule has 2 N–H and O–H groups in total. The van der Waals surface area contributed by atoms with Gasteiger partial charge >= 0.3 is 0 Å². The van der Waals surface area contributed by atoms with Crippen LogP contribution in [0, 0.1) is 5.82 Å². The molecule has 1 aliphatic heterocycles. The summed E-state index contributed by atoms with van der Waals surface area (Å²) < 4.78 is 13.8. The number of likely N-dealkylation sites (N-methyl/N-ethyl adjacent to an activating group) is 1. The normalized spacial score (nSPS) is 14.4. The Labute approximate surface area is 181 Å². The number of carbonyl (C=O) groups is 2. The van der Waals surface area contributed by atoms with Crippen LogP contribution in [-0.4, -0.2) is 40.3 Å². The number of pyridine rings is 1. The first kappa shape index (κ1) is 20.3. The predicted octanol–water partition coefficient (Wildman–Crippen LogP) is 4.35. The molecule has 1 atom stereocenters. The van der Waals surface area contributed by atoms with Gasteiger partial charge in [0.2, 0.25) is 5.91 Å². The first-order chi connectivity index (χ1) is 14.3. The molecule has 0 saturated heterocycles. The van der Waals surface area contributed by atoms with Gasteiger partial charge in [-0.05, 0) is 52.7 Å². The topological polar surface area (TPSA) is 78.1 Å². The van der Waals surface area contributed by atoms with Crippen molar-refractivity contribution in [3.05, 3.63) is 69.7 Å². The van der Waals surface area contributed by atoms with Gasteiger partial charge in [0.15, 0.2) is 0 Å². The Morgan fingerprint density at radius 2 is 2.03 bits per heavy atom. The van der Waals surface area contributed by atoms with Gasteiger partial charge in [-0.25, -0.2) is 9.37 Å². The van der Waals surface area contributed by atoms with Gasteiger partial charge in [-0.15, -0.1) is 0 Å². The average Bonchev–Trinajstić information content (AvgIpc) is 3.08. The van der Waals surface area contributed by atoms with E-state index in [1.165, 1.54) is 12.1 Å². The maximum Gasteiger partial charge on any atom is 0.256 e. The lowest BCUT2D eigenvalue weighted by Crippen LogP contribution is -2.33. The van der Waals surface area contributed by atoms with Crippen LogP contribution >= 0.6 is 15.9 Å². The number of carbonyl (C=O) groups excluding carboxylic acids is 2. The molecule has 6 nitrogen and oxygen atoms in total. The van der Waals surface area contributed by atoms with Gasteiger partial charge < -0.3 is 15.2 Å². The summed E-state index contributed by atoms with van der Waals surface area (Å²) in [6.07, 6.45) is 2.35. The van der Waals surface area contributed by atoms with Gasteiger partial charge in [0, 0.05) is 37.5 Å². The number of H-pyrrole nitrogens is 1. The van der Waals surface area contributed by atoms with Crippen LogP contribution in [0.4, 0.5) is 10.2 Å². The number of hydrogen-bond donors (Lipinski definition) is 2. The maximum absolute atomic E-state index is 13.1. The highest BCUT2D eigenvalue weighted by molar-refractivity contribution is 9.10. The van der Waals surface area contributed by atoms with Gasteiger partial charge in [0.1, 0.15) is 11.6 Å². The molecular weight excluding hydrogens is 451 g/mol. The van der Waals surface area contributed by atoms with Crippen LogP contribution in [0.1, 0.15) is 34.5 Å². The number of anilines is 1. The predicted molar refractivity (Wildman–Crippen MR) is 116 cm³/mol. The first-order valence-corrected chi connectivity index (χ1v) is 10.3. The van der Waals surface area contributed by atoms with Gasteiger partial charge in [-0.2, -0.15) is 0 Å². The number of hydrogen-bond acceptors (Lipinski definition) is 3. The monoisotopic (exact) mass is 470 g/mol. The van der Waals surface area contributed by atoms with E-state index in [-0.39, 0.29) is 17.6 Å². The Kier molecular flexibility index (Phi) is 5.42. The fraction of sp³-hybridized carbons (Fsp3) is 0.227. The van der Waals surface area contributed by atoms with Crippen molar-refractivity contribution >= 4 is 33.6 Å². The minimum absolute atomic E-state index is 0.0265. The number of amides is 2. The number of nitrogens with zero attached hydrogens (tertiary/aromatic N) is 2. The van der Waals surface area contributed by atoms with Crippen LogP contribution in [0.3, 0.4) is 0 Å². The SMILES string of the molecule is CC(C(=O)Nc1cc(-c2[nH]c3c(c2Br)C(=O)N(C)CC3)ccn1)c1ccc(F)cc1. The summed E-state index contributed by atoms with van der Waals surface area (Å²) in [5, 5.41) is 2.81. The Morgan fingerprint density at radius 3 is 2.77 bits per heavy atom. The van der Waals surface area contributed by atoms with E-state index in [4.69, 9.17) is 0 Å². The smallest absolute Gasteiger partial charge is 0.256 e. The zero-order chi connectivity index (χ0) is 21.4. The third kappa shape index (κ3) is 3.75. The molecule has 0 aliphatic carbocycles. The molecule has 0 saturated carbocycles. The van der Waals surface area contributed by atoms with E-state index in [0.717, 1.165) is 23.4 Å². The number of aromatic amines is 1. The zero-order valence-electron chi connectivity index (χ0n) is 16.5. The number of rotatable bonds is 4. The van der Waals surface area contributed by atoms with Crippen LogP contribution in [0.25, 0.3) is 11.3 Å². The lowest BCUT2D eigenvalue weighted by atomic mass is 10.0. The molecule has 0 radical (unpaired) electrons. The number of benzene rings is 1. The lowest BCUT2D eigenvalue weighted by Gasteiger charge is -2.22. The summed E-state index contributed by atoms with van der Waals surface area (Å²) in [6.45, 7) is 2.42. The average molecular weight is 471 g/mol. The van der Waals surface area contributed by atoms with E-state index in [1.54, 1.807) is 43.3 Å². The summed E-state index contributed by atoms with van der Waals surface area (Å²) in [5.41, 5.74) is 3.82. The van der Waals surface area contributed by atoms with Crippen molar-refractivity contribution in [3.63, 3.8) is 0 Å². The van der Waals surface area contributed by atoms with Crippen molar-refractivity contribution in [3.8, 4) is 11.3 Å². The minimum Gasteiger partial charge on any atom is -0.357 e. The van der Waals surface area contributed by atoms with Gasteiger partial charge in [-0.3, -0.25) is 9.59 Å². The Morgan fingerprint density at radius 1 is 1.30 bits per heavy atom. The molecule has 2 aromatic heterocycles. The largest absolute Gasteiger partial charge is 0.357 e. The molecule has 154 valence electrons. The second-order valence-electron chi connectivity index (χ2n) is 7.34. The summed E-state index contributed by atoms with van der Waals surface area (Å²) in [7, 11) is 1.78. The zero-order valence-corrected chi connectivity index (χ0v) is 18.1. The molecule has 1 aliphatic rings. The van der Waals surface area contributed by atoms with E-state index in [0.29, 0.717) is 28.0 Å². The van der Waals surface area contributed by atoms with E-state index < -0.39 is 5.92 Å². The molecule has 3 heterocycles. The van der Waals surface area contributed by atoms with Crippen LogP contribution < -0.4 is 5.32 Å². The second-order valence-corrected chi connectivity index (χ2v) is 8.13. The standard InChI is InChI=1S/C22H20BrFN4O2/c1-12(13-3-5-15(24)6-4-13)21(29)27-17-11-14(7-9-25-17)20-19(23)18-16(26-20)8-10-28(2)22(18)30/h3-7,9,11-12,26H,8,10H2,1-2H3,(H,25,27,29). The lowest BCUT2D eigenvalue weighted by molar-refractivity contribution is -0.117. The van der Waals surface area contributed by atoms with Crippen molar-refractivity contribution in [2.75, 3.05) is 18.9 Å². The highest BCUT2D eigenvalue weighted by atomic mass is 79.9. The van der Waals surface area contributed by atoms with Gasteiger partial charge in [0.25, 0.3) is 5.91 Å². The second kappa shape index (κ2) is 8.02. The quantitative estimate of drug-likeness (QED) is 0.594. The number of fused-ring (bicyclic) bond motifs is 1. The summed E-state index contributed by atoms with van der Waals surface area (Å²) >= 11 is 3.56. The molecule has 3 aromatic rings. The van der Waals surface area contributed by atoms with Crippen molar-refractivity contribution < 1.29 is 14.0 Å². The third-order valence-corrected chi connectivity index (χ3v) is 6.13. The Balaban J connectivity index is 1.58. The van der Waals surface area contributed by atoms with Crippen LogP contribution in [0.2, 0.25) is 0 Å². The number of aromatic nitrogens is 2. The minimum atomic E-state index is -0.464. The summed E-state index contributed by atoms with van der Waals surface area (Å²) in [6, 6.07) is 9.43. The molecular formula is C22H20BrFN4O2. The molecule has 30 heavy (non-hydrogen) atoms. The fourth-order valence-electron chi connectivity index (χ4n) is 3.50. The van der Waals surface area contributed by atoms with Crippen molar-refractivity contribution in [2.24, 2.45) is 0 Å². The highest BCUT2D eigenvalue weighted by Gasteiger charge is 2.28. The molecule has 0 fully saturated rings. The number of halogens is 2. The van der Waals surface area contributed by atoms with E-state index in [2.05, 4.69) is 31.2 Å². The molecule has 8 heteroatoms. The summed E-state index contributed by atoms with van der Waals surface area (Å²) in [5.74, 6) is -0.679.